The number of ether oxygens (including phenoxy) is 2. The zero-order valence-electron chi connectivity index (χ0n) is 12.5. The van der Waals surface area contributed by atoms with Crippen LogP contribution in [0.15, 0.2) is 18.2 Å². The van der Waals surface area contributed by atoms with Crippen LogP contribution in [0.1, 0.15) is 44.9 Å². The Balaban J connectivity index is 2.17. The molecule has 19 heavy (non-hydrogen) atoms. The number of nitrogens with one attached hydrogen (secondary N) is 1. The largest absolute Gasteiger partial charge is 0.493 e. The first-order valence-electron chi connectivity index (χ1n) is 7.13. The zero-order valence-corrected chi connectivity index (χ0v) is 12.5. The monoisotopic (exact) mass is 263 g/mol. The van der Waals surface area contributed by atoms with Crippen molar-refractivity contribution in [2.24, 2.45) is 0 Å². The van der Waals surface area contributed by atoms with Gasteiger partial charge in [-0.2, -0.15) is 0 Å². The SMILES string of the molecule is CCNC(COC(C)(C)C)c1cccc2c1OCC2. The first-order chi connectivity index (χ1) is 9.01. The number of benzene rings is 1. The van der Waals surface area contributed by atoms with Crippen LogP contribution in [0.4, 0.5) is 0 Å². The first-order valence-corrected chi connectivity index (χ1v) is 7.13. The van der Waals surface area contributed by atoms with E-state index in [0.29, 0.717) is 6.61 Å². The smallest absolute Gasteiger partial charge is 0.127 e. The molecular weight excluding hydrogens is 238 g/mol. The predicted octanol–water partition coefficient (Wildman–Crippen LogP) is 3.09. The zero-order chi connectivity index (χ0) is 13.9. The van der Waals surface area contributed by atoms with E-state index in [1.165, 1.54) is 11.1 Å². The Morgan fingerprint density at radius 2 is 2.16 bits per heavy atom. The molecule has 0 saturated heterocycles. The highest BCUT2D eigenvalue weighted by Gasteiger charge is 2.23. The summed E-state index contributed by atoms with van der Waals surface area (Å²) < 4.78 is 11.7. The normalized spacial score (nSPS) is 16.0. The fraction of sp³-hybridized carbons (Fsp3) is 0.625. The number of rotatable bonds is 5. The maximum absolute atomic E-state index is 5.94. The summed E-state index contributed by atoms with van der Waals surface area (Å²) in [6.07, 6.45) is 1.02. The number of likely N-dealkylation sites (N-methyl/N-ethyl adjacent to an activating group) is 1. The Bertz CT molecular complexity index is 423. The van der Waals surface area contributed by atoms with Crippen LogP contribution in [-0.4, -0.2) is 25.4 Å². The molecule has 1 atom stereocenters. The second-order valence-electron chi connectivity index (χ2n) is 5.97. The van der Waals surface area contributed by atoms with Crippen molar-refractivity contribution in [3.05, 3.63) is 29.3 Å². The molecule has 3 heteroatoms. The van der Waals surface area contributed by atoms with E-state index in [9.17, 15) is 0 Å². The van der Waals surface area contributed by atoms with Crippen molar-refractivity contribution in [2.75, 3.05) is 19.8 Å². The van der Waals surface area contributed by atoms with E-state index in [0.717, 1.165) is 25.3 Å². The summed E-state index contributed by atoms with van der Waals surface area (Å²) in [6.45, 7) is 10.8. The van der Waals surface area contributed by atoms with Gasteiger partial charge in [-0.1, -0.05) is 25.1 Å². The van der Waals surface area contributed by atoms with Crippen molar-refractivity contribution in [2.45, 2.75) is 45.8 Å². The molecule has 106 valence electrons. The summed E-state index contributed by atoms with van der Waals surface area (Å²) in [4.78, 5) is 0. The molecule has 0 fully saturated rings. The summed E-state index contributed by atoms with van der Waals surface area (Å²) >= 11 is 0. The molecule has 0 radical (unpaired) electrons. The van der Waals surface area contributed by atoms with Crippen molar-refractivity contribution in [3.63, 3.8) is 0 Å². The van der Waals surface area contributed by atoms with Gasteiger partial charge in [-0.05, 0) is 32.9 Å². The molecule has 0 spiro atoms. The number of hydrogen-bond donors (Lipinski definition) is 1. The van der Waals surface area contributed by atoms with E-state index in [2.05, 4.69) is 51.2 Å². The molecule has 1 aliphatic rings. The molecule has 2 rings (SSSR count). The topological polar surface area (TPSA) is 30.5 Å². The van der Waals surface area contributed by atoms with E-state index in [4.69, 9.17) is 9.47 Å². The van der Waals surface area contributed by atoms with Gasteiger partial charge in [0.05, 0.1) is 24.9 Å². The van der Waals surface area contributed by atoms with Gasteiger partial charge in [0.25, 0.3) is 0 Å². The van der Waals surface area contributed by atoms with Gasteiger partial charge in [0.15, 0.2) is 0 Å². The summed E-state index contributed by atoms with van der Waals surface area (Å²) in [7, 11) is 0. The fourth-order valence-corrected chi connectivity index (χ4v) is 2.35. The highest BCUT2D eigenvalue weighted by Crippen LogP contribution is 2.33. The summed E-state index contributed by atoms with van der Waals surface area (Å²) in [5.41, 5.74) is 2.42. The lowest BCUT2D eigenvalue weighted by atomic mass is 10.0. The average molecular weight is 263 g/mol. The van der Waals surface area contributed by atoms with Crippen LogP contribution in [0.2, 0.25) is 0 Å². The maximum atomic E-state index is 5.94. The van der Waals surface area contributed by atoms with Crippen molar-refractivity contribution in [3.8, 4) is 5.75 Å². The van der Waals surface area contributed by atoms with Crippen LogP contribution >= 0.6 is 0 Å². The minimum atomic E-state index is -0.119. The third-order valence-electron chi connectivity index (χ3n) is 3.25. The van der Waals surface area contributed by atoms with Gasteiger partial charge in [-0.25, -0.2) is 0 Å². The summed E-state index contributed by atoms with van der Waals surface area (Å²) in [6, 6.07) is 6.60. The van der Waals surface area contributed by atoms with E-state index >= 15 is 0 Å². The molecule has 3 nitrogen and oxygen atoms in total. The second kappa shape index (κ2) is 5.93. The lowest BCUT2D eigenvalue weighted by molar-refractivity contribution is -0.0148. The Hall–Kier alpha value is -1.06. The van der Waals surface area contributed by atoms with Gasteiger partial charge in [0, 0.05) is 12.0 Å². The van der Waals surface area contributed by atoms with E-state index in [-0.39, 0.29) is 11.6 Å². The molecule has 0 amide bonds. The first kappa shape index (κ1) is 14.4. The Morgan fingerprint density at radius 3 is 2.84 bits per heavy atom. The van der Waals surface area contributed by atoms with Crippen LogP contribution < -0.4 is 10.1 Å². The molecule has 1 aromatic rings. The lowest BCUT2D eigenvalue weighted by Crippen LogP contribution is -2.30. The van der Waals surface area contributed by atoms with Crippen LogP contribution in [0, 0.1) is 0 Å². The van der Waals surface area contributed by atoms with E-state index in [1.54, 1.807) is 0 Å². The van der Waals surface area contributed by atoms with Gasteiger partial charge in [-0.3, -0.25) is 0 Å². The quantitative estimate of drug-likeness (QED) is 0.885. The Kier molecular flexibility index (Phi) is 4.48. The van der Waals surface area contributed by atoms with Gasteiger partial charge in [-0.15, -0.1) is 0 Å². The van der Waals surface area contributed by atoms with Gasteiger partial charge < -0.3 is 14.8 Å². The third kappa shape index (κ3) is 3.71. The molecule has 0 aromatic heterocycles. The summed E-state index contributed by atoms with van der Waals surface area (Å²) in [5.74, 6) is 1.06. The number of hydrogen-bond acceptors (Lipinski definition) is 3. The summed E-state index contributed by atoms with van der Waals surface area (Å²) in [5, 5.41) is 3.50. The number of fused-ring (bicyclic) bond motifs is 1. The van der Waals surface area contributed by atoms with Crippen molar-refractivity contribution in [1.29, 1.82) is 0 Å². The highest BCUT2D eigenvalue weighted by atomic mass is 16.5. The van der Waals surface area contributed by atoms with Crippen LogP contribution in [-0.2, 0) is 11.2 Å². The van der Waals surface area contributed by atoms with Crippen LogP contribution in [0.25, 0.3) is 0 Å². The third-order valence-corrected chi connectivity index (χ3v) is 3.25. The minimum Gasteiger partial charge on any atom is -0.493 e. The predicted molar refractivity (Wildman–Crippen MR) is 77.8 cm³/mol. The van der Waals surface area contributed by atoms with Crippen molar-refractivity contribution < 1.29 is 9.47 Å². The molecular formula is C16H25NO2. The standard InChI is InChI=1S/C16H25NO2/c1-5-17-14(11-19-16(2,3)4)13-8-6-7-12-9-10-18-15(12)13/h6-8,14,17H,5,9-11H2,1-4H3. The molecule has 1 unspecified atom stereocenters. The molecule has 0 saturated carbocycles. The lowest BCUT2D eigenvalue weighted by Gasteiger charge is -2.26. The van der Waals surface area contributed by atoms with E-state index < -0.39 is 0 Å². The Morgan fingerprint density at radius 1 is 1.37 bits per heavy atom. The molecule has 0 aliphatic carbocycles. The molecule has 1 aromatic carbocycles. The molecule has 1 N–H and O–H groups in total. The maximum Gasteiger partial charge on any atom is 0.127 e. The number of para-hydroxylation sites is 1. The fourth-order valence-electron chi connectivity index (χ4n) is 2.35. The van der Waals surface area contributed by atoms with Crippen molar-refractivity contribution in [1.82, 2.24) is 5.32 Å². The molecule has 1 aliphatic heterocycles. The highest BCUT2D eigenvalue weighted by molar-refractivity contribution is 5.45. The minimum absolute atomic E-state index is 0.119. The van der Waals surface area contributed by atoms with Gasteiger partial charge in [0.2, 0.25) is 0 Å². The van der Waals surface area contributed by atoms with E-state index in [1.807, 2.05) is 0 Å². The molecule has 0 bridgehead atoms. The van der Waals surface area contributed by atoms with Crippen LogP contribution in [0.5, 0.6) is 5.75 Å². The van der Waals surface area contributed by atoms with Gasteiger partial charge in [0.1, 0.15) is 5.75 Å². The average Bonchev–Trinajstić information content (AvgIpc) is 2.81. The van der Waals surface area contributed by atoms with Gasteiger partial charge >= 0.3 is 0 Å². The Labute approximate surface area is 116 Å². The van der Waals surface area contributed by atoms with Crippen LogP contribution in [0.3, 0.4) is 0 Å². The second-order valence-corrected chi connectivity index (χ2v) is 5.97. The van der Waals surface area contributed by atoms with Crippen molar-refractivity contribution >= 4 is 0 Å². The molecule has 1 heterocycles.